The molecule has 26 heteroatoms. The van der Waals surface area contributed by atoms with Crippen molar-refractivity contribution < 1.29 is 52.3 Å². The summed E-state index contributed by atoms with van der Waals surface area (Å²) >= 11 is 3.25. The van der Waals surface area contributed by atoms with Crippen LogP contribution in [0, 0.1) is 5.82 Å². The lowest BCUT2D eigenvalue weighted by atomic mass is 10.0. The van der Waals surface area contributed by atoms with Gasteiger partial charge in [0.15, 0.2) is 0 Å². The van der Waals surface area contributed by atoms with E-state index in [9.17, 15) is 47.5 Å². The van der Waals surface area contributed by atoms with Crippen LogP contribution in [0.15, 0.2) is 79.1 Å². The molecule has 0 bridgehead atoms. The number of benzene rings is 3. The van der Waals surface area contributed by atoms with Crippen molar-refractivity contribution in [3.8, 4) is 5.75 Å². The molecule has 3 heterocycles. The van der Waals surface area contributed by atoms with E-state index in [1.54, 1.807) is 109 Å². The fraction of sp³-hybridized carbons (Fsp3) is 0.500. The largest absolute Gasteiger partial charge is 0.497 e. The number of halogens is 1. The van der Waals surface area contributed by atoms with Gasteiger partial charge in [0.05, 0.1) is 25.9 Å². The van der Waals surface area contributed by atoms with Crippen LogP contribution in [0.25, 0.3) is 10.9 Å². The standard InChI is InChI=1S/C62H84FN13O10S2/c1-8-13-47-36-75(71-70-47)26-12-25-72(4)57(80)37-74(6)61(84)41(3)67-55(78)23-28-87-38-43-14-10-15-44(30-43)39-88-29-24-64-60(83)54-16-11-27-76(54)62(85)52(31-42-17-20-48(86-7)21-18-42)69-59(82)50(9-2)68-56(79)34-65-58(81)51(66-40-77)32-45-35-73(5)53-22-19-46(63)33-49(45)53/h10,14-15,17-22,30,33,35-36,40-41,50-52,54H,8-9,11-13,16,23-29,31-32,34,37-39H2,1-7H3,(H,64,83)(H,65,81)(H,66,77)(H,67,78)(H,68,79)(H,69,82)/t41-,50-,51-,52-,54?/m0/s1. The number of likely N-dealkylation sites (N-methyl/N-ethyl adjacent to an activating group) is 2. The highest BCUT2D eigenvalue weighted by molar-refractivity contribution is 7.98. The number of nitrogens with one attached hydrogen (secondary N) is 6. The number of amides is 9. The number of carbonyl (C=O) groups excluding carboxylic acids is 9. The smallest absolute Gasteiger partial charge is 0.246 e. The summed E-state index contributed by atoms with van der Waals surface area (Å²) in [4.78, 5) is 123. The normalized spacial score (nSPS) is 14.2. The maximum atomic E-state index is 14.5. The van der Waals surface area contributed by atoms with Gasteiger partial charge in [-0.1, -0.05) is 61.9 Å². The van der Waals surface area contributed by atoms with Gasteiger partial charge in [0.2, 0.25) is 53.7 Å². The first kappa shape index (κ1) is 69.1. The number of aryl methyl sites for hydroxylation is 3. The molecule has 1 unspecified atom stereocenters. The third-order valence-electron chi connectivity index (χ3n) is 15.0. The highest BCUT2D eigenvalue weighted by Crippen LogP contribution is 2.25. The van der Waals surface area contributed by atoms with E-state index < -0.39 is 66.2 Å². The molecule has 88 heavy (non-hydrogen) atoms. The van der Waals surface area contributed by atoms with E-state index in [4.69, 9.17) is 4.74 Å². The van der Waals surface area contributed by atoms with Crippen molar-refractivity contribution in [3.05, 3.63) is 113 Å². The minimum Gasteiger partial charge on any atom is -0.497 e. The van der Waals surface area contributed by atoms with Crippen molar-refractivity contribution in [2.45, 2.75) is 127 Å². The van der Waals surface area contributed by atoms with Crippen molar-refractivity contribution in [1.82, 2.24) is 66.2 Å². The summed E-state index contributed by atoms with van der Waals surface area (Å²) in [6.07, 6.45) is 7.99. The summed E-state index contributed by atoms with van der Waals surface area (Å²) in [5.74, 6) is -0.955. The number of carbonyl (C=O) groups is 9. The molecule has 6 rings (SSSR count). The SMILES string of the molecule is CCCc1cn(CCCN(C)C(=O)CN(C)C(=O)[C@H](C)NC(=O)CCSCc2cccc(CSCCNC(=O)C3CCCN3C(=O)[C@H](Cc3ccc(OC)cc3)NC(=O)[C@H](CC)NC(=O)CNC(=O)[C@H](Cc3cn(C)c4ccc(F)cc34)NC=O)c2)nn1. The Kier molecular flexibility index (Phi) is 27.6. The number of hydrogen-bond acceptors (Lipinski definition) is 14. The van der Waals surface area contributed by atoms with E-state index in [1.165, 1.54) is 29.0 Å². The second kappa shape index (κ2) is 35.1. The first-order valence-corrected chi connectivity index (χ1v) is 32.0. The molecule has 23 nitrogen and oxygen atoms in total. The first-order chi connectivity index (χ1) is 42.3. The summed E-state index contributed by atoms with van der Waals surface area (Å²) in [5, 5.41) is 25.1. The van der Waals surface area contributed by atoms with Gasteiger partial charge in [-0.3, -0.25) is 47.8 Å². The number of ether oxygens (including phenoxy) is 1. The van der Waals surface area contributed by atoms with Crippen molar-refractivity contribution in [3.63, 3.8) is 0 Å². The lowest BCUT2D eigenvalue weighted by Gasteiger charge is -2.30. The van der Waals surface area contributed by atoms with E-state index in [0.717, 1.165) is 35.2 Å². The zero-order chi connectivity index (χ0) is 63.7. The van der Waals surface area contributed by atoms with E-state index >= 15 is 0 Å². The lowest BCUT2D eigenvalue weighted by molar-refractivity contribution is -0.141. The number of hydrogen-bond donors (Lipinski definition) is 6. The number of likely N-dealkylation sites (tertiary alicyclic amines) is 1. The molecule has 3 aromatic carbocycles. The van der Waals surface area contributed by atoms with Crippen LogP contribution in [-0.4, -0.2) is 184 Å². The minimum absolute atomic E-state index is 0.00877. The Balaban J connectivity index is 0.909. The maximum absolute atomic E-state index is 14.5. The summed E-state index contributed by atoms with van der Waals surface area (Å²) in [6, 6.07) is 14.6. The van der Waals surface area contributed by atoms with Gasteiger partial charge in [0.1, 0.15) is 41.8 Å². The number of rotatable bonds is 36. The maximum Gasteiger partial charge on any atom is 0.246 e. The second-order valence-electron chi connectivity index (χ2n) is 21.9. The predicted molar refractivity (Wildman–Crippen MR) is 336 cm³/mol. The van der Waals surface area contributed by atoms with Gasteiger partial charge in [-0.25, -0.2) is 4.39 Å². The lowest BCUT2D eigenvalue weighted by Crippen LogP contribution is -2.57. The molecule has 0 radical (unpaired) electrons. The molecule has 1 aliphatic heterocycles. The van der Waals surface area contributed by atoms with Crippen LogP contribution in [0.2, 0.25) is 0 Å². The fourth-order valence-corrected chi connectivity index (χ4v) is 11.9. The zero-order valence-corrected chi connectivity index (χ0v) is 52.9. The van der Waals surface area contributed by atoms with E-state index in [1.807, 2.05) is 24.4 Å². The highest BCUT2D eigenvalue weighted by atomic mass is 32.2. The summed E-state index contributed by atoms with van der Waals surface area (Å²) in [5.41, 5.74) is 5.17. The van der Waals surface area contributed by atoms with Gasteiger partial charge >= 0.3 is 0 Å². The zero-order valence-electron chi connectivity index (χ0n) is 51.3. The predicted octanol–water partition coefficient (Wildman–Crippen LogP) is 3.44. The third-order valence-corrected chi connectivity index (χ3v) is 17.1. The summed E-state index contributed by atoms with van der Waals surface area (Å²) in [6.45, 7) is 6.50. The molecule has 1 saturated heterocycles. The van der Waals surface area contributed by atoms with Gasteiger partial charge < -0.3 is 55.9 Å². The Labute approximate surface area is 522 Å². The fourth-order valence-electron chi connectivity index (χ4n) is 10.2. The Morgan fingerprint density at radius 1 is 0.830 bits per heavy atom. The topological polar surface area (TPSA) is 280 Å². The van der Waals surface area contributed by atoms with Crippen molar-refractivity contribution in [2.75, 3.05) is 65.4 Å². The number of methoxy groups -OCH3 is 1. The Bertz CT molecular complexity index is 3180. The van der Waals surface area contributed by atoms with Gasteiger partial charge in [0, 0.05) is 113 Å². The molecular formula is C62H84FN13O10S2. The Morgan fingerprint density at radius 2 is 1.57 bits per heavy atom. The Hall–Kier alpha value is -8.00. The van der Waals surface area contributed by atoms with Gasteiger partial charge in [-0.2, -0.15) is 23.5 Å². The average Bonchev–Trinajstić information content (AvgIpc) is 2.26. The van der Waals surface area contributed by atoms with E-state index in [-0.39, 0.29) is 55.9 Å². The molecule has 1 fully saturated rings. The molecule has 6 N–H and O–H groups in total. The van der Waals surface area contributed by atoms with Crippen molar-refractivity contribution in [2.24, 2.45) is 7.05 Å². The second-order valence-corrected chi connectivity index (χ2v) is 24.1. The number of aromatic nitrogens is 4. The van der Waals surface area contributed by atoms with Gasteiger partial charge in [-0.05, 0) is 91.6 Å². The number of thioether (sulfide) groups is 2. The van der Waals surface area contributed by atoms with Crippen LogP contribution in [0.4, 0.5) is 4.39 Å². The van der Waals surface area contributed by atoms with Crippen LogP contribution in [-0.2, 0) is 87.5 Å². The minimum atomic E-state index is -1.12. The quantitative estimate of drug-likeness (QED) is 0.0248. The molecule has 1 aliphatic rings. The van der Waals surface area contributed by atoms with Crippen LogP contribution in [0.3, 0.4) is 0 Å². The van der Waals surface area contributed by atoms with E-state index in [0.29, 0.717) is 97.1 Å². The molecule has 476 valence electrons. The molecular weight excluding hydrogens is 1170 g/mol. The van der Waals surface area contributed by atoms with Crippen molar-refractivity contribution in [1.29, 1.82) is 0 Å². The monoisotopic (exact) mass is 1250 g/mol. The molecule has 0 saturated carbocycles. The molecule has 9 amide bonds. The molecule has 5 atom stereocenters. The Morgan fingerprint density at radius 3 is 2.27 bits per heavy atom. The first-order valence-electron chi connectivity index (χ1n) is 29.7. The van der Waals surface area contributed by atoms with E-state index in [2.05, 4.69) is 55.2 Å². The van der Waals surface area contributed by atoms with Crippen LogP contribution < -0.4 is 36.6 Å². The number of fused-ring (bicyclic) bond motifs is 1. The van der Waals surface area contributed by atoms with Crippen LogP contribution >= 0.6 is 23.5 Å². The average molecular weight is 1250 g/mol. The number of nitrogens with zero attached hydrogens (tertiary/aromatic N) is 7. The molecule has 0 spiro atoms. The van der Waals surface area contributed by atoms with Gasteiger partial charge in [0.25, 0.3) is 0 Å². The van der Waals surface area contributed by atoms with Crippen LogP contribution in [0.5, 0.6) is 5.75 Å². The third kappa shape index (κ3) is 21.1. The highest BCUT2D eigenvalue weighted by Gasteiger charge is 2.38. The summed E-state index contributed by atoms with van der Waals surface area (Å²) < 4.78 is 23.0. The summed E-state index contributed by atoms with van der Waals surface area (Å²) in [7, 11) is 6.56. The molecule has 0 aliphatic carbocycles. The van der Waals surface area contributed by atoms with Crippen LogP contribution in [0.1, 0.15) is 87.2 Å². The van der Waals surface area contributed by atoms with Gasteiger partial charge in [-0.15, -0.1) is 5.10 Å². The van der Waals surface area contributed by atoms with Crippen molar-refractivity contribution >= 4 is 88.1 Å². The molecule has 2 aromatic heterocycles. The molecule has 5 aromatic rings.